The van der Waals surface area contributed by atoms with E-state index in [1.807, 2.05) is 39.0 Å². The number of carbonyl (C=O) groups excluding carboxylic acids is 1. The molecule has 1 fully saturated rings. The number of nitrogens with one attached hydrogen (secondary N) is 1. The second-order valence-corrected chi connectivity index (χ2v) is 15.6. The molecule has 1 aliphatic heterocycles. The van der Waals surface area contributed by atoms with Crippen LogP contribution in [0.2, 0.25) is 0 Å². The van der Waals surface area contributed by atoms with Gasteiger partial charge in [0.15, 0.2) is 21.3 Å². The summed E-state index contributed by atoms with van der Waals surface area (Å²) in [5, 5.41) is 21.6. The number of aromatic nitrogens is 1. The molecular weight excluding hydrogens is 745 g/mol. The molecule has 3 atom stereocenters. The number of amides is 1. The number of hydrogen-bond acceptors (Lipinski definition) is 10. The van der Waals surface area contributed by atoms with Crippen LogP contribution in [0.3, 0.4) is 0 Å². The van der Waals surface area contributed by atoms with E-state index in [2.05, 4.69) is 10.3 Å². The van der Waals surface area contributed by atoms with E-state index in [0.717, 1.165) is 10.8 Å². The third-order valence-corrected chi connectivity index (χ3v) is 10.9. The van der Waals surface area contributed by atoms with Gasteiger partial charge >= 0.3 is 18.1 Å². The van der Waals surface area contributed by atoms with Gasteiger partial charge in [0.2, 0.25) is 5.91 Å². The number of nitrogens with zero attached hydrogens (tertiary/aromatic N) is 2. The molecule has 0 aliphatic carbocycles. The van der Waals surface area contributed by atoms with Gasteiger partial charge in [0.25, 0.3) is 0 Å². The number of carboxylic acid groups (broad SMARTS) is 2. The minimum atomic E-state index is -5.08. The fourth-order valence-corrected chi connectivity index (χ4v) is 7.45. The Morgan fingerprint density at radius 3 is 2.27 bits per heavy atom. The van der Waals surface area contributed by atoms with Crippen LogP contribution in [0.4, 0.5) is 24.7 Å². The Labute approximate surface area is 316 Å². The predicted octanol–water partition coefficient (Wildman–Crippen LogP) is 6.65. The number of alkyl halides is 3. The summed E-state index contributed by atoms with van der Waals surface area (Å²) in [6.45, 7) is 9.29. The number of carbonyl (C=O) groups is 3. The number of aliphatic carboxylic acids is 2. The first-order valence-corrected chi connectivity index (χ1v) is 18.8. The highest BCUT2D eigenvalue weighted by atomic mass is 32.2. The van der Waals surface area contributed by atoms with Crippen molar-refractivity contribution in [1.82, 2.24) is 9.88 Å². The Morgan fingerprint density at radius 1 is 1.00 bits per heavy atom. The predicted molar refractivity (Wildman–Crippen MR) is 199 cm³/mol. The molecule has 1 aromatic heterocycles. The van der Waals surface area contributed by atoms with Crippen LogP contribution in [-0.4, -0.2) is 77.0 Å². The lowest BCUT2D eigenvalue weighted by molar-refractivity contribution is -0.192. The number of fused-ring (bicyclic) bond motifs is 1. The second kappa shape index (κ2) is 17.3. The number of nitrogen functional groups attached to an aromatic ring is 1. The van der Waals surface area contributed by atoms with E-state index in [1.54, 1.807) is 62.5 Å². The van der Waals surface area contributed by atoms with Gasteiger partial charge in [-0.15, -0.1) is 0 Å². The molecule has 2 heterocycles. The largest absolute Gasteiger partial charge is 0.490 e. The highest BCUT2D eigenvalue weighted by Crippen LogP contribution is 2.43. The molecule has 0 bridgehead atoms. The fourth-order valence-electron chi connectivity index (χ4n) is 6.16. The average molecular weight is 789 g/mol. The molecule has 5 N–H and O–H groups in total. The second-order valence-electron chi connectivity index (χ2n) is 13.2. The van der Waals surface area contributed by atoms with Gasteiger partial charge in [0.05, 0.1) is 34.8 Å². The van der Waals surface area contributed by atoms with Crippen molar-refractivity contribution < 1.29 is 55.7 Å². The van der Waals surface area contributed by atoms with E-state index >= 15 is 0 Å². The molecule has 17 heteroatoms. The number of carboxylic acids is 2. The maximum atomic E-state index is 14.9. The van der Waals surface area contributed by atoms with Crippen LogP contribution in [-0.2, 0) is 24.2 Å². The van der Waals surface area contributed by atoms with Gasteiger partial charge in [0.1, 0.15) is 11.9 Å². The van der Waals surface area contributed by atoms with Crippen LogP contribution in [0.1, 0.15) is 64.3 Å². The van der Waals surface area contributed by atoms with Crippen molar-refractivity contribution in [1.29, 1.82) is 0 Å². The Bertz CT molecular complexity index is 2150. The number of sulfone groups is 1. The number of hydrogen-bond donors (Lipinski definition) is 4. The standard InChI is InChI=1S/C36H42N4O7S.C2HF3O2/c1-6-46-30-20-24(11-14-29(30)47-21(2)3)32(39-25-12-13-26-23(19-25)15-17-38-34(26)37)35(41)40-18-16-28(36(42)43)33(40)27-9-7-8-10-31(27)48(44,45)22(4)5;3-2(4,5)1(6)7/h7-15,17,19-22,28,32-33,39H,6,16,18H2,1-5H3,(H2,37,38)(H,42,43);(H,6,7). The van der Waals surface area contributed by atoms with Crippen LogP contribution in [0, 0.1) is 5.92 Å². The van der Waals surface area contributed by atoms with Gasteiger partial charge < -0.3 is 35.6 Å². The minimum absolute atomic E-state index is 0.0232. The van der Waals surface area contributed by atoms with Gasteiger partial charge in [-0.1, -0.05) is 24.3 Å². The lowest BCUT2D eigenvalue weighted by Gasteiger charge is -2.33. The Kier molecular flexibility index (Phi) is 13.2. The minimum Gasteiger partial charge on any atom is -0.490 e. The van der Waals surface area contributed by atoms with Crippen molar-refractivity contribution in [2.45, 2.75) is 75.5 Å². The first-order valence-electron chi connectivity index (χ1n) is 17.3. The Hall–Kier alpha value is -5.58. The summed E-state index contributed by atoms with van der Waals surface area (Å²) in [7, 11) is -3.81. The summed E-state index contributed by atoms with van der Waals surface area (Å²) in [6, 6.07) is 16.9. The first-order chi connectivity index (χ1) is 25.8. The molecule has 0 saturated carbocycles. The third kappa shape index (κ3) is 9.75. The number of halogens is 3. The van der Waals surface area contributed by atoms with Crippen molar-refractivity contribution in [3.63, 3.8) is 0 Å². The number of anilines is 2. The molecule has 296 valence electrons. The lowest BCUT2D eigenvalue weighted by Crippen LogP contribution is -2.40. The molecule has 4 aromatic rings. The van der Waals surface area contributed by atoms with Crippen LogP contribution >= 0.6 is 0 Å². The Morgan fingerprint density at radius 2 is 1.67 bits per heavy atom. The summed E-state index contributed by atoms with van der Waals surface area (Å²) in [4.78, 5) is 42.1. The van der Waals surface area contributed by atoms with E-state index in [-0.39, 0.29) is 29.5 Å². The maximum absolute atomic E-state index is 14.9. The van der Waals surface area contributed by atoms with Gasteiger partial charge in [-0.05, 0) is 100 Å². The van der Waals surface area contributed by atoms with E-state index < -0.39 is 57.1 Å². The monoisotopic (exact) mass is 788 g/mol. The summed E-state index contributed by atoms with van der Waals surface area (Å²) in [6.07, 6.45) is -3.44. The maximum Gasteiger partial charge on any atom is 0.490 e. The van der Waals surface area contributed by atoms with Crippen molar-refractivity contribution in [3.05, 3.63) is 84.1 Å². The van der Waals surface area contributed by atoms with Crippen molar-refractivity contribution >= 4 is 50.0 Å². The summed E-state index contributed by atoms with van der Waals surface area (Å²) in [5.74, 6) is -3.95. The summed E-state index contributed by atoms with van der Waals surface area (Å²) >= 11 is 0. The molecule has 1 amide bonds. The van der Waals surface area contributed by atoms with Crippen molar-refractivity contribution in [3.8, 4) is 11.5 Å². The molecule has 55 heavy (non-hydrogen) atoms. The fraction of sp³-hybridized carbons (Fsp3) is 0.368. The smallest absolute Gasteiger partial charge is 0.490 e. The quantitative estimate of drug-likeness (QED) is 0.119. The number of pyridine rings is 1. The zero-order valence-corrected chi connectivity index (χ0v) is 31.5. The van der Waals surface area contributed by atoms with Crippen LogP contribution in [0.5, 0.6) is 11.5 Å². The first kappa shape index (κ1) is 42.2. The Balaban J connectivity index is 0.000000876. The normalized spacial score (nSPS) is 16.4. The molecule has 0 spiro atoms. The highest BCUT2D eigenvalue weighted by Gasteiger charge is 2.46. The zero-order chi connectivity index (χ0) is 40.8. The third-order valence-electron chi connectivity index (χ3n) is 8.72. The van der Waals surface area contributed by atoms with E-state index in [4.69, 9.17) is 25.1 Å². The van der Waals surface area contributed by atoms with E-state index in [1.165, 1.54) is 11.0 Å². The molecular formula is C38H43F3N4O9S. The number of rotatable bonds is 12. The van der Waals surface area contributed by atoms with Crippen LogP contribution in [0.15, 0.2) is 77.8 Å². The summed E-state index contributed by atoms with van der Waals surface area (Å²) < 4.78 is 70.6. The van der Waals surface area contributed by atoms with Gasteiger partial charge in [-0.25, -0.2) is 18.2 Å². The van der Waals surface area contributed by atoms with E-state index in [0.29, 0.717) is 35.2 Å². The average Bonchev–Trinajstić information content (AvgIpc) is 3.57. The lowest BCUT2D eigenvalue weighted by atomic mass is 9.93. The van der Waals surface area contributed by atoms with Crippen LogP contribution < -0.4 is 20.5 Å². The number of nitrogens with two attached hydrogens (primary N) is 1. The zero-order valence-electron chi connectivity index (χ0n) is 30.7. The van der Waals surface area contributed by atoms with Gasteiger partial charge in [-0.2, -0.15) is 13.2 Å². The molecule has 1 saturated heterocycles. The number of benzene rings is 3. The highest BCUT2D eigenvalue weighted by molar-refractivity contribution is 7.92. The molecule has 5 rings (SSSR count). The van der Waals surface area contributed by atoms with Gasteiger partial charge in [0, 0.05) is 23.8 Å². The summed E-state index contributed by atoms with van der Waals surface area (Å²) in [5.41, 5.74) is 7.53. The number of ether oxygens (including phenoxy) is 2. The molecule has 3 unspecified atom stereocenters. The molecule has 1 aliphatic rings. The van der Waals surface area contributed by atoms with E-state index in [9.17, 15) is 36.3 Å². The topological polar surface area (TPSA) is 198 Å². The number of likely N-dealkylation sites (tertiary alicyclic amines) is 1. The molecule has 3 aromatic carbocycles. The van der Waals surface area contributed by atoms with Crippen molar-refractivity contribution in [2.75, 3.05) is 24.2 Å². The van der Waals surface area contributed by atoms with Crippen molar-refractivity contribution in [2.24, 2.45) is 5.92 Å². The van der Waals surface area contributed by atoms with Crippen LogP contribution in [0.25, 0.3) is 10.8 Å². The molecule has 13 nitrogen and oxygen atoms in total. The SMILES string of the molecule is CCOc1cc(C(Nc2ccc3c(N)nccc3c2)C(=O)N2CCC(C(=O)O)C2c2ccccc2S(=O)(=O)C(C)C)ccc1OC(C)C.O=C(O)C(F)(F)F. The molecule has 0 radical (unpaired) electrons. The van der Waals surface area contributed by atoms with Gasteiger partial charge in [-0.3, -0.25) is 9.59 Å².